The van der Waals surface area contributed by atoms with Gasteiger partial charge in [-0.05, 0) is 13.0 Å². The van der Waals surface area contributed by atoms with Gasteiger partial charge in [0.15, 0.2) is 5.76 Å². The van der Waals surface area contributed by atoms with Crippen molar-refractivity contribution in [2.24, 2.45) is 0 Å². The average molecular weight is 228 g/mol. The second-order valence-electron chi connectivity index (χ2n) is 3.24. The Morgan fingerprint density at radius 2 is 2.06 bits per heavy atom. The molecule has 0 spiro atoms. The molecule has 0 heterocycles. The van der Waals surface area contributed by atoms with E-state index in [0.29, 0.717) is 0 Å². The molecule has 0 saturated heterocycles. The van der Waals surface area contributed by atoms with Crippen LogP contribution in [-0.4, -0.2) is 45.4 Å². The van der Waals surface area contributed by atoms with E-state index in [1.54, 1.807) is 6.92 Å². The van der Waals surface area contributed by atoms with Gasteiger partial charge in [0.2, 0.25) is 5.78 Å². The van der Waals surface area contributed by atoms with Crippen LogP contribution < -0.4 is 0 Å². The second-order valence-corrected chi connectivity index (χ2v) is 3.24. The van der Waals surface area contributed by atoms with Crippen molar-refractivity contribution in [2.45, 2.75) is 25.2 Å². The number of esters is 1. The number of Topliss-reactive ketones (excluding diaryl/α,β-unsaturated/α-hetero) is 1. The third-order valence-corrected chi connectivity index (χ3v) is 2.02. The summed E-state index contributed by atoms with van der Waals surface area (Å²) in [6.45, 7) is 1.59. The zero-order valence-electron chi connectivity index (χ0n) is 8.53. The first-order valence-electron chi connectivity index (χ1n) is 4.62. The number of ketones is 1. The van der Waals surface area contributed by atoms with Gasteiger partial charge in [-0.15, -0.1) is 0 Å². The summed E-state index contributed by atoms with van der Waals surface area (Å²) in [5, 5.41) is 27.6. The number of ether oxygens (including phenoxy) is 1. The largest absolute Gasteiger partial charge is 0.420 e. The Labute approximate surface area is 91.5 Å². The summed E-state index contributed by atoms with van der Waals surface area (Å²) in [4.78, 5) is 22.4. The molecule has 1 aliphatic rings. The van der Waals surface area contributed by atoms with Crippen LogP contribution in [0.15, 0.2) is 24.0 Å². The fourth-order valence-corrected chi connectivity index (χ4v) is 1.19. The first-order chi connectivity index (χ1) is 7.47. The molecule has 88 valence electrons. The SMILES string of the molecule is C/C=C/C(=O)OC1=C[C@@H](O)[C@@H](O)[C@@H](O)C1=O. The summed E-state index contributed by atoms with van der Waals surface area (Å²) in [6, 6.07) is 0. The summed E-state index contributed by atoms with van der Waals surface area (Å²) in [6.07, 6.45) is -1.44. The van der Waals surface area contributed by atoms with Crippen molar-refractivity contribution in [1.29, 1.82) is 0 Å². The van der Waals surface area contributed by atoms with Gasteiger partial charge >= 0.3 is 5.97 Å². The Hall–Kier alpha value is -1.50. The molecule has 1 aliphatic carbocycles. The fourth-order valence-electron chi connectivity index (χ4n) is 1.19. The lowest BCUT2D eigenvalue weighted by Crippen LogP contribution is -2.46. The van der Waals surface area contributed by atoms with Gasteiger partial charge in [-0.2, -0.15) is 0 Å². The minimum absolute atomic E-state index is 0.464. The molecule has 1 rings (SSSR count). The molecule has 0 unspecified atom stereocenters. The van der Waals surface area contributed by atoms with Crippen LogP contribution in [0.2, 0.25) is 0 Å². The van der Waals surface area contributed by atoms with E-state index in [1.165, 1.54) is 6.08 Å². The Balaban J connectivity index is 2.84. The Morgan fingerprint density at radius 3 is 2.62 bits per heavy atom. The van der Waals surface area contributed by atoms with E-state index in [4.69, 9.17) is 5.11 Å². The van der Waals surface area contributed by atoms with Crippen molar-refractivity contribution in [3.63, 3.8) is 0 Å². The lowest BCUT2D eigenvalue weighted by Gasteiger charge is -2.25. The van der Waals surface area contributed by atoms with Gasteiger partial charge < -0.3 is 20.1 Å². The van der Waals surface area contributed by atoms with Crippen LogP contribution in [0.1, 0.15) is 6.92 Å². The van der Waals surface area contributed by atoms with Crippen molar-refractivity contribution < 1.29 is 29.6 Å². The topological polar surface area (TPSA) is 104 Å². The molecule has 0 aromatic rings. The van der Waals surface area contributed by atoms with Crippen molar-refractivity contribution in [1.82, 2.24) is 0 Å². The molecule has 0 radical (unpaired) electrons. The summed E-state index contributed by atoms with van der Waals surface area (Å²) in [5.74, 6) is -2.19. The monoisotopic (exact) mass is 228 g/mol. The van der Waals surface area contributed by atoms with E-state index in [1.807, 2.05) is 0 Å². The molecule has 0 bridgehead atoms. The Morgan fingerprint density at radius 1 is 1.44 bits per heavy atom. The van der Waals surface area contributed by atoms with Crippen LogP contribution in [0, 0.1) is 0 Å². The second kappa shape index (κ2) is 5.02. The highest BCUT2D eigenvalue weighted by atomic mass is 16.5. The van der Waals surface area contributed by atoms with Crippen LogP contribution in [-0.2, 0) is 14.3 Å². The molecule has 0 amide bonds. The predicted octanol–water partition coefficient (Wildman–Crippen LogP) is -1.35. The summed E-state index contributed by atoms with van der Waals surface area (Å²) in [7, 11) is 0. The molecule has 0 fully saturated rings. The van der Waals surface area contributed by atoms with Gasteiger partial charge in [0.25, 0.3) is 0 Å². The third kappa shape index (κ3) is 2.54. The molecule has 6 heteroatoms. The minimum Gasteiger partial charge on any atom is -0.420 e. The molecule has 3 atom stereocenters. The number of allylic oxidation sites excluding steroid dienone is 1. The minimum atomic E-state index is -1.78. The van der Waals surface area contributed by atoms with Crippen molar-refractivity contribution in [3.05, 3.63) is 24.0 Å². The molecule has 0 saturated carbocycles. The van der Waals surface area contributed by atoms with Gasteiger partial charge in [0.1, 0.15) is 18.3 Å². The molecular weight excluding hydrogens is 216 g/mol. The van der Waals surface area contributed by atoms with Crippen LogP contribution >= 0.6 is 0 Å². The number of hydrogen-bond acceptors (Lipinski definition) is 6. The molecule has 0 aromatic carbocycles. The lowest BCUT2D eigenvalue weighted by molar-refractivity contribution is -0.146. The zero-order valence-corrected chi connectivity index (χ0v) is 8.53. The normalized spacial score (nSPS) is 30.4. The Kier molecular flexibility index (Phi) is 3.94. The van der Waals surface area contributed by atoms with E-state index in [9.17, 15) is 19.8 Å². The van der Waals surface area contributed by atoms with Crippen LogP contribution in [0.4, 0.5) is 0 Å². The quantitative estimate of drug-likeness (QED) is 0.399. The van der Waals surface area contributed by atoms with E-state index in [2.05, 4.69) is 4.74 Å². The van der Waals surface area contributed by atoms with Gasteiger partial charge in [-0.25, -0.2) is 4.79 Å². The number of rotatable bonds is 2. The maximum absolute atomic E-state index is 11.3. The van der Waals surface area contributed by atoms with Crippen molar-refractivity contribution in [3.8, 4) is 0 Å². The highest BCUT2D eigenvalue weighted by molar-refractivity contribution is 6.01. The van der Waals surface area contributed by atoms with E-state index < -0.39 is 35.8 Å². The van der Waals surface area contributed by atoms with E-state index in [-0.39, 0.29) is 0 Å². The van der Waals surface area contributed by atoms with Crippen molar-refractivity contribution in [2.75, 3.05) is 0 Å². The number of aliphatic hydroxyl groups excluding tert-OH is 3. The van der Waals surface area contributed by atoms with Gasteiger partial charge in [-0.1, -0.05) is 6.08 Å². The van der Waals surface area contributed by atoms with Crippen LogP contribution in [0.25, 0.3) is 0 Å². The first kappa shape index (κ1) is 12.6. The maximum Gasteiger partial charge on any atom is 0.335 e. The molecule has 0 aliphatic heterocycles. The maximum atomic E-state index is 11.3. The lowest BCUT2D eigenvalue weighted by atomic mass is 9.96. The predicted molar refractivity (Wildman–Crippen MR) is 52.0 cm³/mol. The molecule has 3 N–H and O–H groups in total. The number of hydrogen-bond donors (Lipinski definition) is 3. The highest BCUT2D eigenvalue weighted by Gasteiger charge is 2.38. The van der Waals surface area contributed by atoms with Gasteiger partial charge in [-0.3, -0.25) is 4.79 Å². The Bertz CT molecular complexity index is 356. The van der Waals surface area contributed by atoms with Gasteiger partial charge in [0.05, 0.1) is 0 Å². The fraction of sp³-hybridized carbons (Fsp3) is 0.400. The van der Waals surface area contributed by atoms with Gasteiger partial charge in [0, 0.05) is 6.08 Å². The highest BCUT2D eigenvalue weighted by Crippen LogP contribution is 2.17. The zero-order chi connectivity index (χ0) is 12.3. The first-order valence-corrected chi connectivity index (χ1v) is 4.62. The summed E-state index contributed by atoms with van der Waals surface area (Å²) < 4.78 is 4.59. The summed E-state index contributed by atoms with van der Waals surface area (Å²) >= 11 is 0. The average Bonchev–Trinajstić information content (AvgIpc) is 2.23. The molecule has 16 heavy (non-hydrogen) atoms. The standard InChI is InChI=1S/C10H12O6/c1-2-3-7(12)16-6-4-5(11)8(13)10(15)9(6)14/h2-5,8,10-11,13,15H,1H3/b3-2+/t5-,8-,10-/m1/s1. The van der Waals surface area contributed by atoms with Crippen LogP contribution in [0.3, 0.4) is 0 Å². The number of carbonyl (C=O) groups is 2. The van der Waals surface area contributed by atoms with Crippen molar-refractivity contribution >= 4 is 11.8 Å². The van der Waals surface area contributed by atoms with E-state index in [0.717, 1.165) is 12.2 Å². The smallest absolute Gasteiger partial charge is 0.335 e. The summed E-state index contributed by atoms with van der Waals surface area (Å²) in [5.41, 5.74) is 0. The molecule has 0 aromatic heterocycles. The number of carbonyl (C=O) groups excluding carboxylic acids is 2. The number of aliphatic hydroxyl groups is 3. The van der Waals surface area contributed by atoms with Crippen LogP contribution in [0.5, 0.6) is 0 Å². The van der Waals surface area contributed by atoms with E-state index >= 15 is 0 Å². The third-order valence-electron chi connectivity index (χ3n) is 2.02. The molecular formula is C10H12O6. The molecule has 6 nitrogen and oxygen atoms in total.